The maximum absolute atomic E-state index is 11.9. The predicted octanol–water partition coefficient (Wildman–Crippen LogP) is 2.52. The number of ether oxygens (including phenoxy) is 2. The number of nitriles is 1. The summed E-state index contributed by atoms with van der Waals surface area (Å²) >= 11 is 4.69. The third-order valence-corrected chi connectivity index (χ3v) is 4.07. The number of aromatic amines is 1. The van der Waals surface area contributed by atoms with Crippen molar-refractivity contribution in [3.63, 3.8) is 0 Å². The molecule has 106 valence electrons. The van der Waals surface area contributed by atoms with Crippen molar-refractivity contribution in [2.75, 3.05) is 13.0 Å². The van der Waals surface area contributed by atoms with E-state index in [1.165, 1.54) is 11.8 Å². The first kappa shape index (κ1) is 14.0. The van der Waals surface area contributed by atoms with Crippen LogP contribution in [-0.4, -0.2) is 23.0 Å². The summed E-state index contributed by atoms with van der Waals surface area (Å²) in [6.45, 7) is 0.140. The second-order valence-corrected chi connectivity index (χ2v) is 5.75. The van der Waals surface area contributed by atoms with Crippen LogP contribution in [0.5, 0.6) is 11.5 Å². The van der Waals surface area contributed by atoms with E-state index in [-0.39, 0.29) is 12.4 Å². The van der Waals surface area contributed by atoms with Crippen molar-refractivity contribution in [3.8, 4) is 28.8 Å². The van der Waals surface area contributed by atoms with Gasteiger partial charge in [-0.25, -0.2) is 4.98 Å². The third kappa shape index (κ3) is 2.39. The van der Waals surface area contributed by atoms with Crippen molar-refractivity contribution >= 4 is 27.7 Å². The molecule has 0 fully saturated rings. The second kappa shape index (κ2) is 5.42. The largest absolute Gasteiger partial charge is 0.454 e. The SMILES string of the molecule is CSc1nc(-c2cc(Br)c3c(c2)OCO3)c(C#N)c(=O)[nH]1. The van der Waals surface area contributed by atoms with Gasteiger partial charge in [0.1, 0.15) is 11.6 Å². The maximum Gasteiger partial charge on any atom is 0.270 e. The van der Waals surface area contributed by atoms with Gasteiger partial charge < -0.3 is 14.5 Å². The van der Waals surface area contributed by atoms with Gasteiger partial charge in [0.05, 0.1) is 10.2 Å². The van der Waals surface area contributed by atoms with E-state index in [1.807, 2.05) is 6.07 Å². The Labute approximate surface area is 132 Å². The quantitative estimate of drug-likeness (QED) is 0.649. The van der Waals surface area contributed by atoms with E-state index in [9.17, 15) is 10.1 Å². The highest BCUT2D eigenvalue weighted by Gasteiger charge is 2.21. The van der Waals surface area contributed by atoms with E-state index in [0.717, 1.165) is 0 Å². The van der Waals surface area contributed by atoms with Crippen LogP contribution in [0.25, 0.3) is 11.3 Å². The lowest BCUT2D eigenvalue weighted by molar-refractivity contribution is 0.173. The summed E-state index contributed by atoms with van der Waals surface area (Å²) in [7, 11) is 0. The summed E-state index contributed by atoms with van der Waals surface area (Å²) in [5.41, 5.74) is 0.452. The minimum atomic E-state index is -0.458. The Morgan fingerprint density at radius 1 is 1.48 bits per heavy atom. The average Bonchev–Trinajstić information content (AvgIpc) is 2.95. The van der Waals surface area contributed by atoms with Crippen molar-refractivity contribution in [1.82, 2.24) is 9.97 Å². The van der Waals surface area contributed by atoms with Crippen LogP contribution >= 0.6 is 27.7 Å². The zero-order valence-corrected chi connectivity index (χ0v) is 13.2. The Balaban J connectivity index is 2.26. The van der Waals surface area contributed by atoms with Crippen LogP contribution in [0.2, 0.25) is 0 Å². The van der Waals surface area contributed by atoms with E-state index in [2.05, 4.69) is 25.9 Å². The normalized spacial score (nSPS) is 12.2. The molecule has 2 aromatic rings. The smallest absolute Gasteiger partial charge is 0.270 e. The monoisotopic (exact) mass is 365 g/mol. The van der Waals surface area contributed by atoms with Crippen molar-refractivity contribution < 1.29 is 9.47 Å². The van der Waals surface area contributed by atoms with Gasteiger partial charge >= 0.3 is 0 Å². The summed E-state index contributed by atoms with van der Waals surface area (Å²) in [6, 6.07) is 5.36. The first-order valence-corrected chi connectivity index (χ1v) is 7.83. The number of benzene rings is 1. The number of H-pyrrole nitrogens is 1. The maximum atomic E-state index is 11.9. The summed E-state index contributed by atoms with van der Waals surface area (Å²) in [4.78, 5) is 18.8. The Hall–Kier alpha value is -1.98. The summed E-state index contributed by atoms with van der Waals surface area (Å²) in [5, 5.41) is 9.65. The van der Waals surface area contributed by atoms with Gasteiger partial charge in [-0.2, -0.15) is 5.26 Å². The molecular formula is C13H8BrN3O3S. The van der Waals surface area contributed by atoms with Crippen LogP contribution < -0.4 is 15.0 Å². The number of hydrogen-bond donors (Lipinski definition) is 1. The minimum Gasteiger partial charge on any atom is -0.454 e. The highest BCUT2D eigenvalue weighted by molar-refractivity contribution is 9.10. The molecule has 0 atom stereocenters. The molecule has 0 spiro atoms. The molecule has 21 heavy (non-hydrogen) atoms. The van der Waals surface area contributed by atoms with Crippen molar-refractivity contribution in [1.29, 1.82) is 5.26 Å². The van der Waals surface area contributed by atoms with Gasteiger partial charge in [0.15, 0.2) is 16.7 Å². The van der Waals surface area contributed by atoms with Crippen LogP contribution in [-0.2, 0) is 0 Å². The van der Waals surface area contributed by atoms with E-state index < -0.39 is 5.56 Å². The number of aromatic nitrogens is 2. The fourth-order valence-electron chi connectivity index (χ4n) is 1.97. The van der Waals surface area contributed by atoms with Crippen molar-refractivity contribution in [2.45, 2.75) is 5.16 Å². The average molecular weight is 366 g/mol. The highest BCUT2D eigenvalue weighted by Crippen LogP contribution is 2.42. The molecule has 1 aliphatic heterocycles. The Bertz CT molecular complexity index is 829. The van der Waals surface area contributed by atoms with E-state index in [4.69, 9.17) is 9.47 Å². The zero-order valence-electron chi connectivity index (χ0n) is 10.8. The molecule has 8 heteroatoms. The van der Waals surface area contributed by atoms with Gasteiger partial charge in [0.2, 0.25) is 6.79 Å². The fourth-order valence-corrected chi connectivity index (χ4v) is 2.90. The molecule has 1 aromatic carbocycles. The molecule has 0 saturated heterocycles. The Morgan fingerprint density at radius 3 is 3.00 bits per heavy atom. The van der Waals surface area contributed by atoms with Crippen LogP contribution in [0.15, 0.2) is 26.6 Å². The molecule has 2 heterocycles. The molecule has 1 N–H and O–H groups in total. The molecule has 3 rings (SSSR count). The molecular weight excluding hydrogens is 358 g/mol. The van der Waals surface area contributed by atoms with Gasteiger partial charge in [-0.3, -0.25) is 4.79 Å². The summed E-state index contributed by atoms with van der Waals surface area (Å²) in [6.07, 6.45) is 1.80. The molecule has 0 unspecified atom stereocenters. The number of hydrogen-bond acceptors (Lipinski definition) is 6. The van der Waals surface area contributed by atoms with Crippen LogP contribution in [0.3, 0.4) is 0 Å². The van der Waals surface area contributed by atoms with Crippen LogP contribution in [0, 0.1) is 11.3 Å². The Kier molecular flexibility index (Phi) is 3.61. The lowest BCUT2D eigenvalue weighted by atomic mass is 10.1. The molecule has 6 nitrogen and oxygen atoms in total. The van der Waals surface area contributed by atoms with Gasteiger partial charge in [-0.15, -0.1) is 0 Å². The predicted molar refractivity (Wildman–Crippen MR) is 80.6 cm³/mol. The van der Waals surface area contributed by atoms with E-state index in [0.29, 0.717) is 32.4 Å². The minimum absolute atomic E-state index is 0.0291. The van der Waals surface area contributed by atoms with Crippen molar-refractivity contribution in [3.05, 3.63) is 32.5 Å². The standard InChI is InChI=1S/C13H8BrN3O3S/c1-21-13-16-10(7(4-15)12(18)17-13)6-2-8(14)11-9(3-6)19-5-20-11/h2-3H,5H2,1H3,(H,16,17,18). The first-order valence-electron chi connectivity index (χ1n) is 5.82. The zero-order chi connectivity index (χ0) is 15.0. The fraction of sp³-hybridized carbons (Fsp3) is 0.154. The molecule has 0 aliphatic carbocycles. The Morgan fingerprint density at radius 2 is 2.29 bits per heavy atom. The van der Waals surface area contributed by atoms with Gasteiger partial charge in [-0.1, -0.05) is 11.8 Å². The molecule has 0 saturated carbocycles. The third-order valence-electron chi connectivity index (χ3n) is 2.90. The lowest BCUT2D eigenvalue weighted by Gasteiger charge is -2.07. The molecule has 0 bridgehead atoms. The molecule has 0 radical (unpaired) electrons. The number of rotatable bonds is 2. The number of nitrogens with zero attached hydrogens (tertiary/aromatic N) is 2. The summed E-state index contributed by atoms with van der Waals surface area (Å²) in [5.74, 6) is 1.16. The van der Waals surface area contributed by atoms with Gasteiger partial charge in [0, 0.05) is 5.56 Å². The van der Waals surface area contributed by atoms with E-state index in [1.54, 1.807) is 18.4 Å². The van der Waals surface area contributed by atoms with Crippen molar-refractivity contribution in [2.24, 2.45) is 0 Å². The topological polar surface area (TPSA) is 88.0 Å². The second-order valence-electron chi connectivity index (χ2n) is 4.10. The number of nitrogens with one attached hydrogen (secondary N) is 1. The lowest BCUT2D eigenvalue weighted by Crippen LogP contribution is -2.14. The van der Waals surface area contributed by atoms with Crippen LogP contribution in [0.1, 0.15) is 5.56 Å². The highest BCUT2D eigenvalue weighted by atomic mass is 79.9. The van der Waals surface area contributed by atoms with Gasteiger partial charge in [-0.05, 0) is 34.3 Å². The van der Waals surface area contributed by atoms with E-state index >= 15 is 0 Å². The molecule has 0 amide bonds. The first-order chi connectivity index (χ1) is 10.1. The number of halogens is 1. The molecule has 1 aliphatic rings. The number of fused-ring (bicyclic) bond motifs is 1. The van der Waals surface area contributed by atoms with Gasteiger partial charge in [0.25, 0.3) is 5.56 Å². The van der Waals surface area contributed by atoms with Crippen LogP contribution in [0.4, 0.5) is 0 Å². The number of thioether (sulfide) groups is 1. The molecule has 1 aromatic heterocycles. The summed E-state index contributed by atoms with van der Waals surface area (Å²) < 4.78 is 11.4.